The number of benzene rings is 2. The molecule has 100 valence electrons. The molecular weight excluding hydrogens is 299 g/mol. The highest BCUT2D eigenvalue weighted by atomic mass is 35.5. The maximum absolute atomic E-state index is 10.9. The summed E-state index contributed by atoms with van der Waals surface area (Å²) in [5, 5.41) is 10.6. The third kappa shape index (κ3) is 2.15. The number of carbonyl (C=O) groups is 1. The van der Waals surface area contributed by atoms with E-state index in [-0.39, 0.29) is 5.56 Å². The van der Waals surface area contributed by atoms with Gasteiger partial charge in [0.15, 0.2) is 5.58 Å². The van der Waals surface area contributed by atoms with Crippen LogP contribution in [0.3, 0.4) is 0 Å². The lowest BCUT2D eigenvalue weighted by Gasteiger charge is -2.02. The molecule has 20 heavy (non-hydrogen) atoms. The van der Waals surface area contributed by atoms with E-state index in [9.17, 15) is 4.79 Å². The molecule has 0 aliphatic heterocycles. The van der Waals surface area contributed by atoms with Gasteiger partial charge in [-0.3, -0.25) is 0 Å². The summed E-state index contributed by atoms with van der Waals surface area (Å²) in [6.45, 7) is 0. The van der Waals surface area contributed by atoms with Gasteiger partial charge in [-0.25, -0.2) is 4.79 Å². The summed E-state index contributed by atoms with van der Waals surface area (Å²) >= 11 is 12.2. The van der Waals surface area contributed by atoms with E-state index in [4.69, 9.17) is 32.7 Å². The third-order valence-electron chi connectivity index (χ3n) is 2.98. The maximum Gasteiger partial charge on any atom is 0.335 e. The summed E-state index contributed by atoms with van der Waals surface area (Å²) in [6.07, 6.45) is 0. The molecule has 1 heterocycles. The minimum atomic E-state index is -1.02. The second-order valence-electron chi connectivity index (χ2n) is 4.27. The van der Waals surface area contributed by atoms with Crippen LogP contribution < -0.4 is 0 Å². The van der Waals surface area contributed by atoms with E-state index < -0.39 is 5.97 Å². The Morgan fingerprint density at radius 2 is 1.85 bits per heavy atom. The lowest BCUT2D eigenvalue weighted by molar-refractivity contribution is 0.0697. The van der Waals surface area contributed by atoms with E-state index in [2.05, 4.69) is 0 Å². The Kier molecular flexibility index (Phi) is 3.16. The molecule has 5 heteroatoms. The largest absolute Gasteiger partial charge is 0.478 e. The second-order valence-corrected chi connectivity index (χ2v) is 5.08. The Hall–Kier alpha value is -1.97. The van der Waals surface area contributed by atoms with E-state index >= 15 is 0 Å². The summed E-state index contributed by atoms with van der Waals surface area (Å²) in [6, 6.07) is 11.8. The summed E-state index contributed by atoms with van der Waals surface area (Å²) in [7, 11) is 0. The monoisotopic (exact) mass is 306 g/mol. The van der Waals surface area contributed by atoms with Gasteiger partial charge in [0, 0.05) is 10.9 Å². The number of rotatable bonds is 2. The Morgan fingerprint density at radius 3 is 2.50 bits per heavy atom. The molecule has 0 bridgehead atoms. The third-order valence-corrected chi connectivity index (χ3v) is 3.59. The SMILES string of the molecule is O=C(O)c1ccc(-c2cc3cccc(Cl)c3o2)c(Cl)c1. The number of halogens is 2. The van der Waals surface area contributed by atoms with Crippen LogP contribution in [0.4, 0.5) is 0 Å². The van der Waals surface area contributed by atoms with Crippen molar-refractivity contribution >= 4 is 40.1 Å². The first-order valence-electron chi connectivity index (χ1n) is 5.77. The number of carboxylic acids is 1. The smallest absolute Gasteiger partial charge is 0.335 e. The van der Waals surface area contributed by atoms with Crippen LogP contribution in [-0.4, -0.2) is 11.1 Å². The minimum Gasteiger partial charge on any atom is -0.478 e. The number of hydrogen-bond acceptors (Lipinski definition) is 2. The molecule has 0 amide bonds. The number of aromatic carboxylic acids is 1. The van der Waals surface area contributed by atoms with Gasteiger partial charge in [0.2, 0.25) is 0 Å². The standard InChI is InChI=1S/C15H8Cl2O3/c16-11-3-1-2-8-7-13(20-14(8)11)10-5-4-9(15(18)19)6-12(10)17/h1-7H,(H,18,19). The second kappa shape index (κ2) is 4.85. The van der Waals surface area contributed by atoms with Crippen LogP contribution in [0.5, 0.6) is 0 Å². The molecule has 0 unspecified atom stereocenters. The highest BCUT2D eigenvalue weighted by molar-refractivity contribution is 6.35. The molecule has 0 saturated carbocycles. The van der Waals surface area contributed by atoms with E-state index in [1.165, 1.54) is 12.1 Å². The predicted molar refractivity (Wildman–Crippen MR) is 78.6 cm³/mol. The average molecular weight is 307 g/mol. The lowest BCUT2D eigenvalue weighted by atomic mass is 10.1. The summed E-state index contributed by atoms with van der Waals surface area (Å²) in [4.78, 5) is 10.9. The van der Waals surface area contributed by atoms with Gasteiger partial charge in [0.05, 0.1) is 15.6 Å². The first-order chi connectivity index (χ1) is 9.56. The van der Waals surface area contributed by atoms with Crippen LogP contribution in [0.2, 0.25) is 10.0 Å². The van der Waals surface area contributed by atoms with Crippen molar-refractivity contribution in [3.05, 3.63) is 58.1 Å². The molecule has 2 aromatic carbocycles. The van der Waals surface area contributed by atoms with Crippen molar-refractivity contribution in [1.29, 1.82) is 0 Å². The van der Waals surface area contributed by atoms with Crippen LogP contribution in [-0.2, 0) is 0 Å². The minimum absolute atomic E-state index is 0.132. The molecule has 3 rings (SSSR count). The van der Waals surface area contributed by atoms with Crippen molar-refractivity contribution < 1.29 is 14.3 Å². The zero-order chi connectivity index (χ0) is 14.3. The van der Waals surface area contributed by atoms with Gasteiger partial charge >= 0.3 is 5.97 Å². The molecule has 0 spiro atoms. The molecule has 0 aliphatic carbocycles. The highest BCUT2D eigenvalue weighted by Crippen LogP contribution is 2.35. The Bertz CT molecular complexity index is 821. The van der Waals surface area contributed by atoms with E-state index in [0.717, 1.165) is 5.39 Å². The van der Waals surface area contributed by atoms with Crippen molar-refractivity contribution in [3.63, 3.8) is 0 Å². The van der Waals surface area contributed by atoms with Gasteiger partial charge in [-0.2, -0.15) is 0 Å². The summed E-state index contributed by atoms with van der Waals surface area (Å²) in [5.41, 5.74) is 1.35. The molecule has 3 nitrogen and oxygen atoms in total. The zero-order valence-electron chi connectivity index (χ0n) is 10.1. The van der Waals surface area contributed by atoms with Gasteiger partial charge in [-0.1, -0.05) is 35.3 Å². The fourth-order valence-corrected chi connectivity index (χ4v) is 2.50. The first-order valence-corrected chi connectivity index (χ1v) is 6.53. The number of para-hydroxylation sites is 1. The van der Waals surface area contributed by atoms with Crippen molar-refractivity contribution in [2.45, 2.75) is 0 Å². The zero-order valence-corrected chi connectivity index (χ0v) is 11.6. The van der Waals surface area contributed by atoms with Crippen molar-refractivity contribution in [3.8, 4) is 11.3 Å². The van der Waals surface area contributed by atoms with Gasteiger partial charge in [0.1, 0.15) is 5.76 Å². The molecule has 0 atom stereocenters. The molecule has 0 aliphatic rings. The molecule has 1 aromatic heterocycles. The van der Waals surface area contributed by atoms with Crippen LogP contribution in [0.15, 0.2) is 46.9 Å². The molecule has 0 saturated heterocycles. The van der Waals surface area contributed by atoms with Gasteiger partial charge < -0.3 is 9.52 Å². The maximum atomic E-state index is 10.9. The predicted octanol–water partition coefficient (Wildman–Crippen LogP) is 5.10. The molecule has 1 N–H and O–H groups in total. The number of carboxylic acid groups (broad SMARTS) is 1. The molecular formula is C15H8Cl2O3. The topological polar surface area (TPSA) is 50.4 Å². The number of fused-ring (bicyclic) bond motifs is 1. The normalized spacial score (nSPS) is 10.9. The fraction of sp³-hybridized carbons (Fsp3) is 0. The van der Waals surface area contributed by atoms with Crippen LogP contribution in [0.25, 0.3) is 22.3 Å². The highest BCUT2D eigenvalue weighted by Gasteiger charge is 2.13. The molecule has 0 radical (unpaired) electrons. The van der Waals surface area contributed by atoms with Gasteiger partial charge in [0.25, 0.3) is 0 Å². The van der Waals surface area contributed by atoms with Gasteiger partial charge in [-0.05, 0) is 30.3 Å². The van der Waals surface area contributed by atoms with Crippen molar-refractivity contribution in [1.82, 2.24) is 0 Å². The average Bonchev–Trinajstić information content (AvgIpc) is 2.83. The Balaban J connectivity index is 2.16. The quantitative estimate of drug-likeness (QED) is 0.716. The van der Waals surface area contributed by atoms with Crippen LogP contribution in [0.1, 0.15) is 10.4 Å². The van der Waals surface area contributed by atoms with Crippen LogP contribution in [0, 0.1) is 0 Å². The van der Waals surface area contributed by atoms with Gasteiger partial charge in [-0.15, -0.1) is 0 Å². The number of hydrogen-bond donors (Lipinski definition) is 1. The van der Waals surface area contributed by atoms with E-state index in [0.29, 0.717) is 27.0 Å². The van der Waals surface area contributed by atoms with Crippen LogP contribution >= 0.6 is 23.2 Å². The fourth-order valence-electron chi connectivity index (χ4n) is 2.01. The van der Waals surface area contributed by atoms with Crippen molar-refractivity contribution in [2.24, 2.45) is 0 Å². The first kappa shape index (κ1) is 13.0. The van der Waals surface area contributed by atoms with E-state index in [1.54, 1.807) is 12.1 Å². The number of furan rings is 1. The molecule has 0 fully saturated rings. The summed E-state index contributed by atoms with van der Waals surface area (Å²) in [5.74, 6) is -0.471. The lowest BCUT2D eigenvalue weighted by Crippen LogP contribution is -1.95. The van der Waals surface area contributed by atoms with Crippen molar-refractivity contribution in [2.75, 3.05) is 0 Å². The van der Waals surface area contributed by atoms with E-state index in [1.807, 2.05) is 18.2 Å². The molecule has 3 aromatic rings. The Morgan fingerprint density at radius 1 is 1.05 bits per heavy atom. The summed E-state index contributed by atoms with van der Waals surface area (Å²) < 4.78 is 5.70. The Labute approximate surface area is 124 Å².